The van der Waals surface area contributed by atoms with Gasteiger partial charge in [0.1, 0.15) is 15.7 Å². The lowest BCUT2D eigenvalue weighted by molar-refractivity contribution is -0.119. The smallest absolute Gasteiger partial charge is 0.230 e. The van der Waals surface area contributed by atoms with E-state index < -0.39 is 0 Å². The van der Waals surface area contributed by atoms with Gasteiger partial charge >= 0.3 is 0 Å². The number of fused-ring (bicyclic) bond motifs is 1. The topological polar surface area (TPSA) is 54.9 Å². The molecule has 0 aliphatic heterocycles. The van der Waals surface area contributed by atoms with Crippen LogP contribution in [0.3, 0.4) is 0 Å². The van der Waals surface area contributed by atoms with Crippen molar-refractivity contribution in [2.24, 2.45) is 0 Å². The van der Waals surface area contributed by atoms with E-state index >= 15 is 0 Å². The molecule has 0 aromatic carbocycles. The number of hydrogen-bond donors (Lipinski definition) is 1. The minimum absolute atomic E-state index is 0.0304. The maximum absolute atomic E-state index is 11.9. The number of aryl methyl sites for hydroxylation is 2. The lowest BCUT2D eigenvalue weighted by Gasteiger charge is -2.20. The molecular weight excluding hydrogens is 302 g/mol. The molecule has 21 heavy (non-hydrogen) atoms. The molecule has 6 heteroatoms. The molecule has 4 nitrogen and oxygen atoms in total. The van der Waals surface area contributed by atoms with Gasteiger partial charge in [-0.3, -0.25) is 4.79 Å². The van der Waals surface area contributed by atoms with Crippen LogP contribution in [0.5, 0.6) is 0 Å². The molecule has 114 valence electrons. The van der Waals surface area contributed by atoms with E-state index in [0.29, 0.717) is 5.75 Å². The number of nitrogens with one attached hydrogen (secondary N) is 1. The highest BCUT2D eigenvalue weighted by Gasteiger charge is 2.16. The molecule has 0 fully saturated rings. The molecule has 0 saturated carbocycles. The fraction of sp³-hybridized carbons (Fsp3) is 0.533. The summed E-state index contributed by atoms with van der Waals surface area (Å²) >= 11 is 3.19. The van der Waals surface area contributed by atoms with Crippen LogP contribution in [-0.2, 0) is 11.2 Å². The highest BCUT2D eigenvalue weighted by Crippen LogP contribution is 2.31. The van der Waals surface area contributed by atoms with Gasteiger partial charge in [0.25, 0.3) is 0 Å². The summed E-state index contributed by atoms with van der Waals surface area (Å²) in [5, 5.41) is 4.93. The van der Waals surface area contributed by atoms with Gasteiger partial charge in [0.15, 0.2) is 0 Å². The Labute approximate surface area is 133 Å². The molecule has 1 amide bonds. The van der Waals surface area contributed by atoms with Gasteiger partial charge in [0, 0.05) is 15.8 Å². The Bertz CT molecular complexity index is 659. The van der Waals surface area contributed by atoms with Gasteiger partial charge in [-0.05, 0) is 40.2 Å². The standard InChI is InChI=1S/C15H21N3OS2/c1-6-10-7-11-13(16-9(2)17-14(11)21-10)20-8-12(19)18-15(3,4)5/h7H,6,8H2,1-5H3,(H,18,19). The van der Waals surface area contributed by atoms with Crippen LogP contribution in [0.25, 0.3) is 10.2 Å². The monoisotopic (exact) mass is 323 g/mol. The Balaban J connectivity index is 2.18. The molecule has 2 aromatic rings. The van der Waals surface area contributed by atoms with E-state index in [4.69, 9.17) is 0 Å². The molecule has 0 atom stereocenters. The second kappa shape index (κ2) is 6.32. The van der Waals surface area contributed by atoms with Crippen LogP contribution in [0, 0.1) is 6.92 Å². The molecule has 0 aliphatic carbocycles. The Hall–Kier alpha value is -1.14. The zero-order valence-corrected chi connectivity index (χ0v) is 14.7. The van der Waals surface area contributed by atoms with Crippen LogP contribution < -0.4 is 5.32 Å². The normalized spacial score (nSPS) is 11.9. The third-order valence-corrected chi connectivity index (χ3v) is 4.89. The Kier molecular flexibility index (Phi) is 4.88. The van der Waals surface area contributed by atoms with E-state index in [1.54, 1.807) is 11.3 Å². The van der Waals surface area contributed by atoms with Crippen LogP contribution in [0.2, 0.25) is 0 Å². The van der Waals surface area contributed by atoms with E-state index in [1.807, 2.05) is 27.7 Å². The van der Waals surface area contributed by atoms with Crippen LogP contribution in [0.1, 0.15) is 38.4 Å². The molecule has 0 radical (unpaired) electrons. The van der Waals surface area contributed by atoms with Crippen molar-refractivity contribution < 1.29 is 4.79 Å². The zero-order valence-electron chi connectivity index (χ0n) is 13.1. The molecule has 0 aliphatic rings. The van der Waals surface area contributed by atoms with Crippen molar-refractivity contribution in [3.05, 3.63) is 16.8 Å². The number of thiophene rings is 1. The third-order valence-electron chi connectivity index (χ3n) is 2.72. The van der Waals surface area contributed by atoms with Gasteiger partial charge in [0.2, 0.25) is 5.91 Å². The molecule has 0 spiro atoms. The SMILES string of the molecule is CCc1cc2c(SCC(=O)NC(C)(C)C)nc(C)nc2s1. The molecule has 1 N–H and O–H groups in total. The first-order chi connectivity index (χ1) is 9.78. The predicted molar refractivity (Wildman–Crippen MR) is 90.1 cm³/mol. The van der Waals surface area contributed by atoms with Crippen molar-refractivity contribution in [2.45, 2.75) is 51.6 Å². The Morgan fingerprint density at radius 3 is 2.71 bits per heavy atom. The molecule has 0 unspecified atom stereocenters. The summed E-state index contributed by atoms with van der Waals surface area (Å²) in [6.45, 7) is 9.97. The van der Waals surface area contributed by atoms with Gasteiger partial charge in [0.05, 0.1) is 5.75 Å². The molecular formula is C15H21N3OS2. The van der Waals surface area contributed by atoms with Crippen molar-refractivity contribution in [3.63, 3.8) is 0 Å². The molecule has 2 heterocycles. The summed E-state index contributed by atoms with van der Waals surface area (Å²) in [7, 11) is 0. The first-order valence-corrected chi connectivity index (χ1v) is 8.79. The van der Waals surface area contributed by atoms with E-state index in [1.165, 1.54) is 16.6 Å². The molecule has 2 aromatic heterocycles. The minimum atomic E-state index is -0.202. The maximum Gasteiger partial charge on any atom is 0.230 e. The lowest BCUT2D eigenvalue weighted by atomic mass is 10.1. The molecule has 0 saturated heterocycles. The number of amides is 1. The first kappa shape index (κ1) is 16.2. The van der Waals surface area contributed by atoms with Crippen LogP contribution in [0.15, 0.2) is 11.1 Å². The number of carbonyl (C=O) groups is 1. The second-order valence-electron chi connectivity index (χ2n) is 5.95. The number of carbonyl (C=O) groups excluding carboxylic acids is 1. The zero-order chi connectivity index (χ0) is 15.6. The number of hydrogen-bond acceptors (Lipinski definition) is 5. The maximum atomic E-state index is 11.9. The average molecular weight is 323 g/mol. The van der Waals surface area contributed by atoms with Crippen molar-refractivity contribution >= 4 is 39.2 Å². The van der Waals surface area contributed by atoms with Crippen molar-refractivity contribution in [3.8, 4) is 0 Å². The predicted octanol–water partition coefficient (Wildman–Crippen LogP) is 3.57. The number of aromatic nitrogens is 2. The Morgan fingerprint density at radius 1 is 1.38 bits per heavy atom. The fourth-order valence-corrected chi connectivity index (χ4v) is 3.84. The van der Waals surface area contributed by atoms with Gasteiger partial charge in [-0.25, -0.2) is 9.97 Å². The van der Waals surface area contributed by atoms with E-state index in [9.17, 15) is 4.79 Å². The van der Waals surface area contributed by atoms with Crippen molar-refractivity contribution in [2.75, 3.05) is 5.75 Å². The Morgan fingerprint density at radius 2 is 2.10 bits per heavy atom. The third kappa shape index (κ3) is 4.41. The van der Waals surface area contributed by atoms with Crippen molar-refractivity contribution in [1.29, 1.82) is 0 Å². The van der Waals surface area contributed by atoms with E-state index in [-0.39, 0.29) is 11.4 Å². The quantitative estimate of drug-likeness (QED) is 0.690. The summed E-state index contributed by atoms with van der Waals surface area (Å²) in [6.07, 6.45) is 0.995. The second-order valence-corrected chi connectivity index (χ2v) is 8.03. The fourth-order valence-electron chi connectivity index (χ4n) is 1.92. The van der Waals surface area contributed by atoms with Gasteiger partial charge in [-0.2, -0.15) is 0 Å². The first-order valence-electron chi connectivity index (χ1n) is 6.99. The summed E-state index contributed by atoms with van der Waals surface area (Å²) in [5.41, 5.74) is -0.202. The lowest BCUT2D eigenvalue weighted by Crippen LogP contribution is -2.41. The summed E-state index contributed by atoms with van der Waals surface area (Å²) in [5.74, 6) is 1.16. The number of nitrogens with zero attached hydrogens (tertiary/aromatic N) is 2. The minimum Gasteiger partial charge on any atom is -0.351 e. The average Bonchev–Trinajstić information content (AvgIpc) is 2.76. The highest BCUT2D eigenvalue weighted by atomic mass is 32.2. The summed E-state index contributed by atoms with van der Waals surface area (Å²) in [4.78, 5) is 23.2. The number of rotatable bonds is 4. The van der Waals surface area contributed by atoms with Gasteiger partial charge in [-0.1, -0.05) is 18.7 Å². The van der Waals surface area contributed by atoms with Crippen LogP contribution in [0.4, 0.5) is 0 Å². The van der Waals surface area contributed by atoms with Crippen molar-refractivity contribution in [1.82, 2.24) is 15.3 Å². The van der Waals surface area contributed by atoms with Crippen LogP contribution in [-0.4, -0.2) is 27.2 Å². The number of thioether (sulfide) groups is 1. The largest absolute Gasteiger partial charge is 0.351 e. The molecule has 0 bridgehead atoms. The van der Waals surface area contributed by atoms with Gasteiger partial charge in [-0.15, -0.1) is 11.3 Å². The molecule has 2 rings (SSSR count). The summed E-state index contributed by atoms with van der Waals surface area (Å²) in [6, 6.07) is 2.14. The van der Waals surface area contributed by atoms with E-state index in [0.717, 1.165) is 27.5 Å². The highest BCUT2D eigenvalue weighted by molar-refractivity contribution is 8.00. The summed E-state index contributed by atoms with van der Waals surface area (Å²) < 4.78 is 0. The van der Waals surface area contributed by atoms with Gasteiger partial charge < -0.3 is 5.32 Å². The van der Waals surface area contributed by atoms with E-state index in [2.05, 4.69) is 28.3 Å². The van der Waals surface area contributed by atoms with Crippen LogP contribution >= 0.6 is 23.1 Å².